The Bertz CT molecular complexity index is 511. The molecule has 2 aromatic rings. The van der Waals surface area contributed by atoms with Gasteiger partial charge in [-0.1, -0.05) is 60.7 Å². The van der Waals surface area contributed by atoms with Crippen molar-refractivity contribution in [3.05, 3.63) is 71.8 Å². The van der Waals surface area contributed by atoms with Crippen LogP contribution < -0.4 is 5.32 Å². The van der Waals surface area contributed by atoms with Crippen LogP contribution in [0.5, 0.6) is 0 Å². The van der Waals surface area contributed by atoms with E-state index in [1.54, 1.807) is 0 Å². The molecule has 3 nitrogen and oxygen atoms in total. The molecule has 19 heavy (non-hydrogen) atoms. The topological polar surface area (TPSA) is 49.3 Å². The third kappa shape index (κ3) is 4.14. The van der Waals surface area contributed by atoms with E-state index >= 15 is 0 Å². The van der Waals surface area contributed by atoms with Crippen LogP contribution in [-0.2, 0) is 6.42 Å². The van der Waals surface area contributed by atoms with Crippen LogP contribution in [0.2, 0.25) is 0 Å². The molecule has 0 aliphatic heterocycles. The molecular formula is C16H17NO2. The van der Waals surface area contributed by atoms with Gasteiger partial charge in [-0.15, -0.1) is 0 Å². The van der Waals surface area contributed by atoms with Gasteiger partial charge in [0.25, 0.3) is 0 Å². The first-order chi connectivity index (χ1) is 9.25. The molecule has 0 heterocycles. The highest BCUT2D eigenvalue weighted by Gasteiger charge is 2.13. The molecule has 0 fully saturated rings. The van der Waals surface area contributed by atoms with Gasteiger partial charge in [-0.2, -0.15) is 0 Å². The summed E-state index contributed by atoms with van der Waals surface area (Å²) >= 11 is 0. The molecular weight excluding hydrogens is 238 g/mol. The summed E-state index contributed by atoms with van der Waals surface area (Å²) in [5.41, 5.74) is 2.22. The predicted molar refractivity (Wildman–Crippen MR) is 75.1 cm³/mol. The molecule has 0 aromatic heterocycles. The number of benzene rings is 2. The van der Waals surface area contributed by atoms with E-state index in [-0.39, 0.29) is 6.04 Å². The number of aryl methyl sites for hydroxylation is 1. The van der Waals surface area contributed by atoms with Gasteiger partial charge in [-0.3, -0.25) is 0 Å². The third-order valence-electron chi connectivity index (χ3n) is 3.06. The van der Waals surface area contributed by atoms with E-state index in [1.807, 2.05) is 48.5 Å². The first-order valence-electron chi connectivity index (χ1n) is 6.34. The molecule has 0 saturated carbocycles. The Morgan fingerprint density at radius 2 is 1.58 bits per heavy atom. The van der Waals surface area contributed by atoms with Crippen LogP contribution in [0, 0.1) is 0 Å². The van der Waals surface area contributed by atoms with E-state index < -0.39 is 6.09 Å². The van der Waals surface area contributed by atoms with Gasteiger partial charge in [0, 0.05) is 0 Å². The summed E-state index contributed by atoms with van der Waals surface area (Å²) in [6, 6.07) is 19.6. The molecule has 0 radical (unpaired) electrons. The summed E-state index contributed by atoms with van der Waals surface area (Å²) in [6.07, 6.45) is 0.614. The minimum absolute atomic E-state index is 0.168. The summed E-state index contributed by atoms with van der Waals surface area (Å²) in [4.78, 5) is 10.9. The third-order valence-corrected chi connectivity index (χ3v) is 3.06. The number of rotatable bonds is 5. The average Bonchev–Trinajstić information content (AvgIpc) is 2.45. The fourth-order valence-electron chi connectivity index (χ4n) is 2.11. The van der Waals surface area contributed by atoms with E-state index in [0.717, 1.165) is 18.4 Å². The van der Waals surface area contributed by atoms with Crippen molar-refractivity contribution in [1.82, 2.24) is 5.32 Å². The second kappa shape index (κ2) is 6.59. The van der Waals surface area contributed by atoms with Crippen molar-refractivity contribution in [2.45, 2.75) is 18.9 Å². The largest absolute Gasteiger partial charge is 0.465 e. The summed E-state index contributed by atoms with van der Waals surface area (Å²) in [5.74, 6) is 0. The molecule has 1 atom stereocenters. The van der Waals surface area contributed by atoms with E-state index in [1.165, 1.54) is 5.56 Å². The van der Waals surface area contributed by atoms with Gasteiger partial charge in [0.2, 0.25) is 0 Å². The first kappa shape index (κ1) is 13.1. The van der Waals surface area contributed by atoms with Crippen LogP contribution in [0.1, 0.15) is 23.6 Å². The molecule has 1 unspecified atom stereocenters. The normalized spacial score (nSPS) is 11.8. The zero-order valence-electron chi connectivity index (χ0n) is 10.6. The van der Waals surface area contributed by atoms with E-state index in [2.05, 4.69) is 17.4 Å². The molecule has 0 aliphatic carbocycles. The standard InChI is InChI=1S/C16H17NO2/c18-16(19)17-15(14-9-5-2-6-10-14)12-11-13-7-3-1-4-8-13/h1-10,15,17H,11-12H2,(H,18,19). The van der Waals surface area contributed by atoms with Crippen molar-refractivity contribution in [2.75, 3.05) is 0 Å². The molecule has 98 valence electrons. The zero-order valence-corrected chi connectivity index (χ0v) is 10.6. The summed E-state index contributed by atoms with van der Waals surface area (Å²) in [7, 11) is 0. The lowest BCUT2D eigenvalue weighted by Gasteiger charge is -2.17. The van der Waals surface area contributed by atoms with Gasteiger partial charge in [0.1, 0.15) is 0 Å². The molecule has 0 spiro atoms. The van der Waals surface area contributed by atoms with Gasteiger partial charge in [0.05, 0.1) is 6.04 Å². The van der Waals surface area contributed by atoms with Gasteiger partial charge >= 0.3 is 6.09 Å². The fourth-order valence-corrected chi connectivity index (χ4v) is 2.11. The number of hydrogen-bond donors (Lipinski definition) is 2. The zero-order chi connectivity index (χ0) is 13.5. The molecule has 0 bridgehead atoms. The highest BCUT2D eigenvalue weighted by molar-refractivity contribution is 5.65. The first-order valence-corrected chi connectivity index (χ1v) is 6.34. The van der Waals surface area contributed by atoms with Crippen LogP contribution in [0.4, 0.5) is 4.79 Å². The van der Waals surface area contributed by atoms with E-state index in [0.29, 0.717) is 0 Å². The second-order valence-corrected chi connectivity index (χ2v) is 4.44. The monoisotopic (exact) mass is 255 g/mol. The van der Waals surface area contributed by atoms with Crippen molar-refractivity contribution in [2.24, 2.45) is 0 Å². The van der Waals surface area contributed by atoms with E-state index in [9.17, 15) is 4.79 Å². The number of amides is 1. The molecule has 0 saturated heterocycles. The second-order valence-electron chi connectivity index (χ2n) is 4.44. The molecule has 3 heteroatoms. The van der Waals surface area contributed by atoms with Crippen molar-refractivity contribution in [3.8, 4) is 0 Å². The fraction of sp³-hybridized carbons (Fsp3) is 0.188. The maximum Gasteiger partial charge on any atom is 0.405 e. The SMILES string of the molecule is O=C(O)NC(CCc1ccccc1)c1ccccc1. The Labute approximate surface area is 112 Å². The highest BCUT2D eigenvalue weighted by atomic mass is 16.4. The summed E-state index contributed by atoms with van der Waals surface area (Å²) in [6.45, 7) is 0. The number of nitrogens with one attached hydrogen (secondary N) is 1. The average molecular weight is 255 g/mol. The maximum atomic E-state index is 10.9. The van der Waals surface area contributed by atoms with Crippen LogP contribution in [-0.4, -0.2) is 11.2 Å². The quantitative estimate of drug-likeness (QED) is 0.857. The van der Waals surface area contributed by atoms with Gasteiger partial charge < -0.3 is 10.4 Å². The van der Waals surface area contributed by atoms with Gasteiger partial charge in [-0.05, 0) is 24.0 Å². The number of carboxylic acid groups (broad SMARTS) is 1. The van der Waals surface area contributed by atoms with Crippen LogP contribution in [0.25, 0.3) is 0 Å². The van der Waals surface area contributed by atoms with Crippen LogP contribution in [0.3, 0.4) is 0 Å². The van der Waals surface area contributed by atoms with Crippen LogP contribution >= 0.6 is 0 Å². The Morgan fingerprint density at radius 1 is 1.00 bits per heavy atom. The van der Waals surface area contributed by atoms with Crippen LogP contribution in [0.15, 0.2) is 60.7 Å². The highest BCUT2D eigenvalue weighted by Crippen LogP contribution is 2.19. The molecule has 2 aromatic carbocycles. The lowest BCUT2D eigenvalue weighted by atomic mass is 9.99. The van der Waals surface area contributed by atoms with Gasteiger partial charge in [0.15, 0.2) is 0 Å². The number of carbonyl (C=O) groups is 1. The Kier molecular flexibility index (Phi) is 4.56. The predicted octanol–water partition coefficient (Wildman–Crippen LogP) is 3.63. The smallest absolute Gasteiger partial charge is 0.405 e. The van der Waals surface area contributed by atoms with Crippen molar-refractivity contribution in [1.29, 1.82) is 0 Å². The van der Waals surface area contributed by atoms with Crippen molar-refractivity contribution in [3.63, 3.8) is 0 Å². The molecule has 0 aliphatic rings. The molecule has 2 N–H and O–H groups in total. The molecule has 2 rings (SSSR count). The maximum absolute atomic E-state index is 10.9. The van der Waals surface area contributed by atoms with Gasteiger partial charge in [-0.25, -0.2) is 4.79 Å². The summed E-state index contributed by atoms with van der Waals surface area (Å²) < 4.78 is 0. The Balaban J connectivity index is 2.04. The van der Waals surface area contributed by atoms with Crippen molar-refractivity contribution < 1.29 is 9.90 Å². The molecule has 1 amide bonds. The Morgan fingerprint density at radius 3 is 2.16 bits per heavy atom. The minimum Gasteiger partial charge on any atom is -0.465 e. The number of hydrogen-bond acceptors (Lipinski definition) is 1. The Hall–Kier alpha value is -2.29. The lowest BCUT2D eigenvalue weighted by molar-refractivity contribution is 0.189. The minimum atomic E-state index is -0.984. The van der Waals surface area contributed by atoms with E-state index in [4.69, 9.17) is 5.11 Å². The van der Waals surface area contributed by atoms with Crippen molar-refractivity contribution >= 4 is 6.09 Å². The lowest BCUT2D eigenvalue weighted by Crippen LogP contribution is -2.27. The summed E-state index contributed by atoms with van der Waals surface area (Å²) in [5, 5.41) is 11.5.